The first kappa shape index (κ1) is 26.6. The number of benzene rings is 1. The Kier molecular flexibility index (Phi) is 7.12. The van der Waals surface area contributed by atoms with Crippen molar-refractivity contribution in [2.75, 3.05) is 26.7 Å². The van der Waals surface area contributed by atoms with Crippen LogP contribution in [0.4, 0.5) is 0 Å². The van der Waals surface area contributed by atoms with E-state index in [1.807, 2.05) is 44.8 Å². The highest BCUT2D eigenvalue weighted by Crippen LogP contribution is 2.34. The molecule has 0 bridgehead atoms. The lowest BCUT2D eigenvalue weighted by atomic mass is 9.81. The van der Waals surface area contributed by atoms with Crippen LogP contribution in [0.5, 0.6) is 5.75 Å². The summed E-state index contributed by atoms with van der Waals surface area (Å²) in [5.74, 6) is 0.863. The molecule has 10 heteroatoms. The summed E-state index contributed by atoms with van der Waals surface area (Å²) in [5, 5.41) is 11.9. The van der Waals surface area contributed by atoms with Crippen molar-refractivity contribution in [1.29, 1.82) is 0 Å². The van der Waals surface area contributed by atoms with Gasteiger partial charge in [0.2, 0.25) is 11.8 Å². The molecule has 6 rings (SSSR count). The number of ether oxygens (including phenoxy) is 1. The van der Waals surface area contributed by atoms with Crippen LogP contribution in [0.3, 0.4) is 0 Å². The molecule has 212 valence electrons. The maximum absolute atomic E-state index is 13.6. The van der Waals surface area contributed by atoms with Crippen molar-refractivity contribution in [3.05, 3.63) is 53.2 Å². The first-order valence-electron chi connectivity index (χ1n) is 14.4. The third-order valence-electron chi connectivity index (χ3n) is 9.05. The summed E-state index contributed by atoms with van der Waals surface area (Å²) >= 11 is 0. The van der Waals surface area contributed by atoms with Gasteiger partial charge in [-0.15, -0.1) is 0 Å². The van der Waals surface area contributed by atoms with E-state index >= 15 is 0 Å². The zero-order valence-electron chi connectivity index (χ0n) is 23.0. The third-order valence-corrected chi connectivity index (χ3v) is 9.05. The van der Waals surface area contributed by atoms with Crippen LogP contribution in [0.2, 0.25) is 0 Å². The van der Waals surface area contributed by atoms with Crippen LogP contribution in [-0.2, 0) is 16.1 Å². The second-order valence-electron chi connectivity index (χ2n) is 11.5. The molecule has 2 amide bonds. The highest BCUT2D eigenvalue weighted by Gasteiger charge is 2.42. The van der Waals surface area contributed by atoms with Crippen LogP contribution < -0.4 is 10.3 Å². The van der Waals surface area contributed by atoms with Gasteiger partial charge in [0.05, 0.1) is 30.6 Å². The smallest absolute Gasteiger partial charge is 0.262 e. The van der Waals surface area contributed by atoms with Crippen LogP contribution >= 0.6 is 0 Å². The quantitative estimate of drug-likeness (QED) is 0.508. The maximum atomic E-state index is 13.6. The number of hydrogen-bond acceptors (Lipinski definition) is 6. The molecule has 1 aliphatic carbocycles. The predicted molar refractivity (Wildman–Crippen MR) is 149 cm³/mol. The van der Waals surface area contributed by atoms with E-state index < -0.39 is 5.60 Å². The topological polar surface area (TPSA) is 110 Å². The summed E-state index contributed by atoms with van der Waals surface area (Å²) in [6, 6.07) is 9.27. The summed E-state index contributed by atoms with van der Waals surface area (Å²) in [6.45, 7) is 1.75. The fraction of sp³-hybridized carbons (Fsp3) is 0.533. The molecular weight excluding hydrogens is 510 g/mol. The Bertz CT molecular complexity index is 1450. The predicted octanol–water partition coefficient (Wildman–Crippen LogP) is 2.73. The molecule has 3 aliphatic rings. The SMILES string of the molecule is COc1ccc(-n2ccc3c(=O)n(CC4(O)CCN(C(=O)[C@H]5CCCC[C@@H]5N5CCCC5=O)CC4)cnc32)cc1. The lowest BCUT2D eigenvalue weighted by molar-refractivity contribution is -0.145. The molecule has 40 heavy (non-hydrogen) atoms. The van der Waals surface area contributed by atoms with E-state index in [-0.39, 0.29) is 35.9 Å². The molecule has 4 heterocycles. The normalized spacial score (nSPS) is 23.1. The maximum Gasteiger partial charge on any atom is 0.262 e. The second-order valence-corrected chi connectivity index (χ2v) is 11.5. The van der Waals surface area contributed by atoms with Crippen LogP contribution in [0.1, 0.15) is 51.4 Å². The Morgan fingerprint density at radius 3 is 2.50 bits per heavy atom. The average molecular weight is 548 g/mol. The van der Waals surface area contributed by atoms with Gasteiger partial charge in [0.1, 0.15) is 12.1 Å². The number of carbonyl (C=O) groups excluding carboxylic acids is 2. The van der Waals surface area contributed by atoms with Crippen molar-refractivity contribution < 1.29 is 19.4 Å². The third kappa shape index (κ3) is 4.89. The Hall–Kier alpha value is -3.66. The van der Waals surface area contributed by atoms with E-state index in [0.29, 0.717) is 43.4 Å². The second kappa shape index (κ2) is 10.7. The minimum Gasteiger partial charge on any atom is -0.497 e. The fourth-order valence-corrected chi connectivity index (χ4v) is 6.76. The van der Waals surface area contributed by atoms with Gasteiger partial charge < -0.3 is 24.2 Å². The van der Waals surface area contributed by atoms with Gasteiger partial charge in [-0.2, -0.15) is 0 Å². The molecule has 2 aliphatic heterocycles. The van der Waals surface area contributed by atoms with Crippen LogP contribution in [-0.4, -0.2) is 79.2 Å². The van der Waals surface area contributed by atoms with Gasteiger partial charge in [-0.3, -0.25) is 19.0 Å². The van der Waals surface area contributed by atoms with Crippen molar-refractivity contribution in [1.82, 2.24) is 23.9 Å². The molecule has 0 spiro atoms. The van der Waals surface area contributed by atoms with Gasteiger partial charge in [0.25, 0.3) is 5.56 Å². The molecule has 1 aromatic carbocycles. The standard InChI is InChI=1S/C30H37N5O5/c1-40-22-10-8-21(9-11-22)34-16-12-24-27(34)31-20-33(29(24)38)19-30(39)13-17-32(18-14-30)28(37)23-5-2-3-6-25(23)35-15-4-7-26(35)36/h8-12,16,20,23,25,39H,2-7,13-15,17-19H2,1H3/t23-,25-/m0/s1. The van der Waals surface area contributed by atoms with Gasteiger partial charge in [-0.25, -0.2) is 4.98 Å². The van der Waals surface area contributed by atoms with Gasteiger partial charge in [-0.05, 0) is 62.4 Å². The van der Waals surface area contributed by atoms with Crippen molar-refractivity contribution in [3.63, 3.8) is 0 Å². The molecule has 2 atom stereocenters. The Balaban J connectivity index is 1.13. The molecule has 0 radical (unpaired) electrons. The molecular formula is C30H37N5O5. The summed E-state index contributed by atoms with van der Waals surface area (Å²) in [6.07, 6.45) is 9.30. The van der Waals surface area contributed by atoms with Gasteiger partial charge in [0.15, 0.2) is 5.65 Å². The van der Waals surface area contributed by atoms with Crippen molar-refractivity contribution >= 4 is 22.8 Å². The van der Waals surface area contributed by atoms with Gasteiger partial charge >= 0.3 is 0 Å². The van der Waals surface area contributed by atoms with Crippen molar-refractivity contribution in [2.24, 2.45) is 5.92 Å². The number of aromatic nitrogens is 3. The number of carbonyl (C=O) groups is 2. The van der Waals surface area contributed by atoms with E-state index in [9.17, 15) is 19.5 Å². The number of piperidine rings is 1. The van der Waals surface area contributed by atoms with Crippen LogP contribution in [0, 0.1) is 5.92 Å². The molecule has 2 saturated heterocycles. The molecule has 10 nitrogen and oxygen atoms in total. The van der Waals surface area contributed by atoms with E-state index in [4.69, 9.17) is 4.74 Å². The van der Waals surface area contributed by atoms with Crippen molar-refractivity contribution in [3.8, 4) is 11.4 Å². The van der Waals surface area contributed by atoms with E-state index in [2.05, 4.69) is 4.98 Å². The molecule has 1 N–H and O–H groups in total. The van der Waals surface area contributed by atoms with Crippen LogP contribution in [0.25, 0.3) is 16.7 Å². The summed E-state index contributed by atoms with van der Waals surface area (Å²) in [5.41, 5.74) is 0.109. The van der Waals surface area contributed by atoms with Gasteiger partial charge in [0, 0.05) is 44.0 Å². The van der Waals surface area contributed by atoms with E-state index in [0.717, 1.165) is 50.1 Å². The van der Waals surface area contributed by atoms with Crippen molar-refractivity contribution in [2.45, 2.75) is 69.6 Å². The lowest BCUT2D eigenvalue weighted by Crippen LogP contribution is -2.54. The highest BCUT2D eigenvalue weighted by molar-refractivity contribution is 5.83. The monoisotopic (exact) mass is 547 g/mol. The Labute approximate surface area is 233 Å². The summed E-state index contributed by atoms with van der Waals surface area (Å²) < 4.78 is 8.57. The number of methoxy groups -OCH3 is 1. The number of amides is 2. The highest BCUT2D eigenvalue weighted by atomic mass is 16.5. The van der Waals surface area contributed by atoms with Crippen LogP contribution in [0.15, 0.2) is 47.7 Å². The zero-order valence-corrected chi connectivity index (χ0v) is 23.0. The Morgan fingerprint density at radius 2 is 1.80 bits per heavy atom. The number of fused-ring (bicyclic) bond motifs is 1. The molecule has 3 fully saturated rings. The summed E-state index contributed by atoms with van der Waals surface area (Å²) in [4.78, 5) is 47.7. The summed E-state index contributed by atoms with van der Waals surface area (Å²) in [7, 11) is 1.62. The van der Waals surface area contributed by atoms with E-state index in [1.54, 1.807) is 13.2 Å². The largest absolute Gasteiger partial charge is 0.497 e. The lowest BCUT2D eigenvalue weighted by Gasteiger charge is -2.43. The minimum absolute atomic E-state index is 0.00124. The molecule has 3 aromatic rings. The molecule has 1 saturated carbocycles. The number of likely N-dealkylation sites (tertiary alicyclic amines) is 2. The zero-order chi connectivity index (χ0) is 27.9. The number of rotatable bonds is 6. The first-order valence-corrected chi connectivity index (χ1v) is 14.4. The molecule has 0 unspecified atom stereocenters. The first-order chi connectivity index (χ1) is 19.4. The average Bonchev–Trinajstić information content (AvgIpc) is 3.61. The Morgan fingerprint density at radius 1 is 1.05 bits per heavy atom. The molecule has 2 aromatic heterocycles. The van der Waals surface area contributed by atoms with E-state index in [1.165, 1.54) is 10.9 Å². The number of nitrogens with zero attached hydrogens (tertiary/aromatic N) is 5. The number of aliphatic hydroxyl groups is 1. The van der Waals surface area contributed by atoms with Gasteiger partial charge in [-0.1, -0.05) is 12.8 Å². The minimum atomic E-state index is -1.11. The number of hydrogen-bond donors (Lipinski definition) is 1. The fourth-order valence-electron chi connectivity index (χ4n) is 6.76.